The minimum absolute atomic E-state index is 0.695. The van der Waals surface area contributed by atoms with Gasteiger partial charge in [0.25, 0.3) is 0 Å². The second kappa shape index (κ2) is 6.76. The quantitative estimate of drug-likeness (QED) is 0.551. The zero-order chi connectivity index (χ0) is 19.1. The number of aryl methyl sites for hydroxylation is 2. The molecule has 0 bridgehead atoms. The van der Waals surface area contributed by atoms with Crippen molar-refractivity contribution in [1.82, 2.24) is 34.2 Å². The molecule has 0 N–H and O–H groups in total. The second-order valence-corrected chi connectivity index (χ2v) is 7.33. The van der Waals surface area contributed by atoms with Crippen LogP contribution < -0.4 is 0 Å². The van der Waals surface area contributed by atoms with Crippen molar-refractivity contribution in [1.29, 1.82) is 0 Å². The number of pyridine rings is 1. The summed E-state index contributed by atoms with van der Waals surface area (Å²) < 4.78 is 2.22. The number of aromatic nitrogens is 6. The van der Waals surface area contributed by atoms with Gasteiger partial charge in [0.15, 0.2) is 5.82 Å². The zero-order valence-corrected chi connectivity index (χ0v) is 16.0. The van der Waals surface area contributed by atoms with Crippen LogP contribution >= 0.6 is 0 Å². The molecule has 4 aromatic rings. The number of rotatable bonds is 3. The second-order valence-electron chi connectivity index (χ2n) is 7.33. The molecule has 0 spiro atoms. The van der Waals surface area contributed by atoms with Crippen molar-refractivity contribution >= 4 is 5.65 Å². The highest BCUT2D eigenvalue weighted by Gasteiger charge is 2.21. The minimum Gasteiger partial charge on any atom is -0.302 e. The van der Waals surface area contributed by atoms with Crippen LogP contribution in [0.15, 0.2) is 43.2 Å². The van der Waals surface area contributed by atoms with Crippen LogP contribution in [0.5, 0.6) is 0 Å². The third-order valence-corrected chi connectivity index (χ3v) is 5.27. The number of nitrogens with zero attached hydrogens (tertiary/aromatic N) is 7. The maximum absolute atomic E-state index is 4.76. The summed E-state index contributed by atoms with van der Waals surface area (Å²) >= 11 is 0. The Morgan fingerprint density at radius 1 is 1.04 bits per heavy atom. The molecule has 1 aliphatic heterocycles. The van der Waals surface area contributed by atoms with E-state index in [1.165, 1.54) is 23.1 Å². The lowest BCUT2D eigenvalue weighted by atomic mass is 10.1. The van der Waals surface area contributed by atoms with Crippen molar-refractivity contribution < 1.29 is 0 Å². The summed E-state index contributed by atoms with van der Waals surface area (Å²) in [6.45, 7) is 6.88. The van der Waals surface area contributed by atoms with Gasteiger partial charge in [0.1, 0.15) is 12.0 Å². The maximum atomic E-state index is 4.76. The van der Waals surface area contributed by atoms with E-state index in [0.29, 0.717) is 5.82 Å². The molecule has 0 fully saturated rings. The van der Waals surface area contributed by atoms with Gasteiger partial charge in [-0.05, 0) is 25.5 Å². The third kappa shape index (κ3) is 3.03. The highest BCUT2D eigenvalue weighted by Crippen LogP contribution is 2.23. The van der Waals surface area contributed by atoms with E-state index < -0.39 is 0 Å². The van der Waals surface area contributed by atoms with Crippen molar-refractivity contribution in [2.45, 2.75) is 33.4 Å². The monoisotopic (exact) mass is 371 g/mol. The third-order valence-electron chi connectivity index (χ3n) is 5.27. The Kier molecular flexibility index (Phi) is 4.09. The summed E-state index contributed by atoms with van der Waals surface area (Å²) in [5.41, 5.74) is 7.75. The first-order chi connectivity index (χ1) is 13.7. The van der Waals surface area contributed by atoms with Crippen LogP contribution in [0.3, 0.4) is 0 Å². The average Bonchev–Trinajstić information content (AvgIpc) is 3.03. The van der Waals surface area contributed by atoms with Crippen molar-refractivity contribution in [3.05, 3.63) is 71.5 Å². The topological polar surface area (TPSA) is 72.1 Å². The molecule has 28 heavy (non-hydrogen) atoms. The smallest absolute Gasteiger partial charge is 0.162 e. The first-order valence-corrected chi connectivity index (χ1v) is 9.44. The summed E-state index contributed by atoms with van der Waals surface area (Å²) in [6.07, 6.45) is 10.0. The summed E-state index contributed by atoms with van der Waals surface area (Å²) in [7, 11) is 0. The Morgan fingerprint density at radius 2 is 1.89 bits per heavy atom. The molecule has 0 amide bonds. The highest BCUT2D eigenvalue weighted by molar-refractivity contribution is 5.52. The first kappa shape index (κ1) is 16.9. The summed E-state index contributed by atoms with van der Waals surface area (Å²) in [5, 5.41) is 0. The Bertz CT molecular complexity index is 1150. The lowest BCUT2D eigenvalue weighted by Gasteiger charge is -2.28. The Hall–Kier alpha value is -3.19. The average molecular weight is 371 g/mol. The van der Waals surface area contributed by atoms with Crippen molar-refractivity contribution in [2.24, 2.45) is 0 Å². The molecule has 0 radical (unpaired) electrons. The standard InChI is InChI=1S/C21H21N7/c1-14-3-4-20-25-15(2)19(28(20)10-14)12-27-6-5-18-17(11-27)9-24-21(26-18)16-7-22-13-23-8-16/h3-4,7-10,13H,5-6,11-12H2,1-2H3. The maximum Gasteiger partial charge on any atom is 0.162 e. The molecule has 0 unspecified atom stereocenters. The number of hydrogen-bond acceptors (Lipinski definition) is 6. The number of imidazole rings is 1. The van der Waals surface area contributed by atoms with Crippen LogP contribution in [0.4, 0.5) is 0 Å². The van der Waals surface area contributed by atoms with E-state index in [0.717, 1.165) is 48.7 Å². The van der Waals surface area contributed by atoms with Gasteiger partial charge in [-0.3, -0.25) is 4.90 Å². The van der Waals surface area contributed by atoms with Gasteiger partial charge in [-0.15, -0.1) is 0 Å². The minimum atomic E-state index is 0.695. The van der Waals surface area contributed by atoms with Crippen LogP contribution in [0.1, 0.15) is 28.2 Å². The molecule has 0 atom stereocenters. The lowest BCUT2D eigenvalue weighted by Crippen LogP contribution is -2.31. The molecule has 7 nitrogen and oxygen atoms in total. The predicted molar refractivity (Wildman–Crippen MR) is 106 cm³/mol. The van der Waals surface area contributed by atoms with E-state index in [2.05, 4.69) is 56.4 Å². The Balaban J connectivity index is 1.40. The van der Waals surface area contributed by atoms with Crippen molar-refractivity contribution in [3.8, 4) is 11.4 Å². The normalized spacial score (nSPS) is 14.4. The molecule has 5 heterocycles. The summed E-state index contributed by atoms with van der Waals surface area (Å²) in [4.78, 5) is 24.6. The van der Waals surface area contributed by atoms with Crippen LogP contribution in [0.25, 0.3) is 17.0 Å². The van der Waals surface area contributed by atoms with Gasteiger partial charge in [0, 0.05) is 56.4 Å². The van der Waals surface area contributed by atoms with Crippen LogP contribution in [-0.4, -0.2) is 40.8 Å². The van der Waals surface area contributed by atoms with E-state index in [1.807, 2.05) is 6.20 Å². The van der Waals surface area contributed by atoms with E-state index in [1.54, 1.807) is 12.4 Å². The van der Waals surface area contributed by atoms with Crippen molar-refractivity contribution in [3.63, 3.8) is 0 Å². The molecule has 1 aliphatic rings. The van der Waals surface area contributed by atoms with Gasteiger partial charge in [0.05, 0.1) is 22.6 Å². The fraction of sp³-hybridized carbons (Fsp3) is 0.286. The molecule has 5 rings (SSSR count). The fourth-order valence-corrected chi connectivity index (χ4v) is 3.78. The molecule has 0 saturated heterocycles. The molecule has 0 aromatic carbocycles. The van der Waals surface area contributed by atoms with Crippen molar-refractivity contribution in [2.75, 3.05) is 6.54 Å². The van der Waals surface area contributed by atoms with Gasteiger partial charge in [-0.25, -0.2) is 24.9 Å². The molecule has 7 heteroatoms. The van der Waals surface area contributed by atoms with E-state index in [4.69, 9.17) is 9.97 Å². The van der Waals surface area contributed by atoms with E-state index in [9.17, 15) is 0 Å². The summed E-state index contributed by atoms with van der Waals surface area (Å²) in [6, 6.07) is 4.19. The van der Waals surface area contributed by atoms with E-state index >= 15 is 0 Å². The van der Waals surface area contributed by atoms with Crippen LogP contribution in [-0.2, 0) is 19.5 Å². The fourth-order valence-electron chi connectivity index (χ4n) is 3.78. The Morgan fingerprint density at radius 3 is 2.75 bits per heavy atom. The van der Waals surface area contributed by atoms with Gasteiger partial charge in [-0.2, -0.15) is 0 Å². The molecular formula is C21H21N7. The lowest BCUT2D eigenvalue weighted by molar-refractivity contribution is 0.239. The van der Waals surface area contributed by atoms with Gasteiger partial charge in [0.2, 0.25) is 0 Å². The highest BCUT2D eigenvalue weighted by atomic mass is 15.2. The molecule has 0 aliphatic carbocycles. The largest absolute Gasteiger partial charge is 0.302 e. The number of fused-ring (bicyclic) bond motifs is 2. The van der Waals surface area contributed by atoms with Gasteiger partial charge in [-0.1, -0.05) is 6.07 Å². The Labute approximate surface area is 163 Å². The van der Waals surface area contributed by atoms with Crippen LogP contribution in [0, 0.1) is 13.8 Å². The number of hydrogen-bond donors (Lipinski definition) is 0. The molecule has 0 saturated carbocycles. The van der Waals surface area contributed by atoms with Gasteiger partial charge >= 0.3 is 0 Å². The van der Waals surface area contributed by atoms with E-state index in [-0.39, 0.29) is 0 Å². The zero-order valence-electron chi connectivity index (χ0n) is 16.0. The SMILES string of the molecule is Cc1ccc2nc(C)c(CN3CCc4nc(-c5cncnc5)ncc4C3)n2c1. The molecule has 140 valence electrons. The molecular weight excluding hydrogens is 350 g/mol. The summed E-state index contributed by atoms with van der Waals surface area (Å²) in [5.74, 6) is 0.695. The first-order valence-electron chi connectivity index (χ1n) is 9.44. The van der Waals surface area contributed by atoms with Gasteiger partial charge < -0.3 is 4.40 Å². The van der Waals surface area contributed by atoms with Crippen LogP contribution in [0.2, 0.25) is 0 Å². The predicted octanol–water partition coefficient (Wildman–Crippen LogP) is 2.76. The molecule has 4 aromatic heterocycles.